The molecule has 3 N–H and O–H groups in total. The van der Waals surface area contributed by atoms with E-state index >= 15 is 0 Å². The number of ether oxygens (including phenoxy) is 2. The van der Waals surface area contributed by atoms with E-state index in [1.54, 1.807) is 17.0 Å². The van der Waals surface area contributed by atoms with Gasteiger partial charge < -0.3 is 30.3 Å². The number of carbonyl (C=O) groups excluding carboxylic acids is 1. The topological polar surface area (TPSA) is 101 Å². The van der Waals surface area contributed by atoms with Gasteiger partial charge in [0.1, 0.15) is 5.82 Å². The molecule has 11 heteroatoms. The van der Waals surface area contributed by atoms with Crippen LogP contribution in [0.2, 0.25) is 5.02 Å². The predicted molar refractivity (Wildman–Crippen MR) is 129 cm³/mol. The molecule has 3 aliphatic rings. The lowest BCUT2D eigenvalue weighted by Gasteiger charge is -2.35. The summed E-state index contributed by atoms with van der Waals surface area (Å²) in [6.07, 6.45) is 4.06. The molecule has 0 radical (unpaired) electrons. The maximum absolute atomic E-state index is 13.8. The smallest absolute Gasteiger partial charge is 0.318 e. The second-order valence-electron chi connectivity index (χ2n) is 9.08. The lowest BCUT2D eigenvalue weighted by Crippen LogP contribution is -2.51. The molecule has 0 saturated carbocycles. The fourth-order valence-electron chi connectivity index (χ4n) is 4.69. The Labute approximate surface area is 208 Å². The van der Waals surface area contributed by atoms with Crippen molar-refractivity contribution in [2.24, 2.45) is 0 Å². The van der Waals surface area contributed by atoms with E-state index in [-0.39, 0.29) is 23.2 Å². The van der Waals surface area contributed by atoms with E-state index in [9.17, 15) is 9.18 Å². The Morgan fingerprint density at radius 3 is 2.91 bits per heavy atom. The molecule has 3 aliphatic heterocycles. The number of aromatic nitrogens is 2. The van der Waals surface area contributed by atoms with Crippen LogP contribution in [0.25, 0.3) is 0 Å². The monoisotopic (exact) mass is 504 g/mol. The van der Waals surface area contributed by atoms with Crippen molar-refractivity contribution >= 4 is 23.6 Å². The Morgan fingerprint density at radius 2 is 2.14 bits per heavy atom. The quantitative estimate of drug-likeness (QED) is 0.575. The number of anilines is 1. The third-order valence-corrected chi connectivity index (χ3v) is 6.99. The van der Waals surface area contributed by atoms with Crippen molar-refractivity contribution in [3.8, 4) is 0 Å². The molecule has 1 aromatic heterocycles. The van der Waals surface area contributed by atoms with Crippen LogP contribution in [-0.2, 0) is 22.4 Å². The number of halogens is 2. The molecule has 1 aromatic carbocycles. The lowest BCUT2D eigenvalue weighted by molar-refractivity contribution is 0.00492. The zero-order chi connectivity index (χ0) is 24.2. The first-order chi connectivity index (χ1) is 17.1. The van der Waals surface area contributed by atoms with Crippen LogP contribution in [0, 0.1) is 5.82 Å². The summed E-state index contributed by atoms with van der Waals surface area (Å²) >= 11 is 6.04. The molecule has 2 fully saturated rings. The van der Waals surface area contributed by atoms with E-state index in [0.29, 0.717) is 44.2 Å². The summed E-state index contributed by atoms with van der Waals surface area (Å²) in [7, 11) is 0. The Hall–Kier alpha value is -2.53. The van der Waals surface area contributed by atoms with Crippen LogP contribution in [0.5, 0.6) is 0 Å². The van der Waals surface area contributed by atoms with Crippen molar-refractivity contribution in [2.45, 2.75) is 44.0 Å². The SMILES string of the molecule is O=C(N[C@H](c1ccc(F)c(Cl)c1)[C@@H]1CNCCO1)N1CCc2cnc(NC3CCOCC3)nc2C1. The second-order valence-corrected chi connectivity index (χ2v) is 9.49. The predicted octanol–water partition coefficient (Wildman–Crippen LogP) is 2.66. The molecule has 2 amide bonds. The number of fused-ring (bicyclic) bond motifs is 1. The van der Waals surface area contributed by atoms with Crippen molar-refractivity contribution < 1.29 is 18.7 Å². The van der Waals surface area contributed by atoms with Gasteiger partial charge in [-0.3, -0.25) is 0 Å². The minimum Gasteiger partial charge on any atom is -0.381 e. The molecule has 5 rings (SSSR count). The molecular weight excluding hydrogens is 475 g/mol. The minimum atomic E-state index is -0.499. The molecule has 2 atom stereocenters. The number of hydrogen-bond acceptors (Lipinski definition) is 7. The normalized spacial score (nSPS) is 21.8. The molecule has 0 spiro atoms. The Morgan fingerprint density at radius 1 is 1.29 bits per heavy atom. The van der Waals surface area contributed by atoms with Crippen molar-refractivity contribution in [2.75, 3.05) is 44.8 Å². The van der Waals surface area contributed by atoms with Gasteiger partial charge >= 0.3 is 6.03 Å². The first-order valence-electron chi connectivity index (χ1n) is 12.1. The first-order valence-corrected chi connectivity index (χ1v) is 12.5. The summed E-state index contributed by atoms with van der Waals surface area (Å²) in [4.78, 5) is 24.3. The highest BCUT2D eigenvalue weighted by Gasteiger charge is 2.31. The van der Waals surface area contributed by atoms with Gasteiger partial charge in [-0.05, 0) is 42.5 Å². The summed E-state index contributed by atoms with van der Waals surface area (Å²) < 4.78 is 25.1. The van der Waals surface area contributed by atoms with E-state index in [0.717, 1.165) is 43.9 Å². The zero-order valence-electron chi connectivity index (χ0n) is 19.4. The molecule has 0 bridgehead atoms. The minimum absolute atomic E-state index is 0.0127. The number of amides is 2. The molecule has 9 nitrogen and oxygen atoms in total. The third kappa shape index (κ3) is 5.83. The van der Waals surface area contributed by atoms with Crippen molar-refractivity contribution in [3.63, 3.8) is 0 Å². The maximum Gasteiger partial charge on any atom is 0.318 e. The van der Waals surface area contributed by atoms with E-state index in [1.165, 1.54) is 6.07 Å². The molecule has 4 heterocycles. The van der Waals surface area contributed by atoms with Gasteiger partial charge in [-0.15, -0.1) is 0 Å². The average molecular weight is 505 g/mol. The van der Waals surface area contributed by atoms with Crippen molar-refractivity contribution in [1.29, 1.82) is 0 Å². The molecular formula is C24H30ClFN6O3. The van der Waals surface area contributed by atoms with Gasteiger partial charge in [-0.25, -0.2) is 19.2 Å². The molecule has 2 saturated heterocycles. The van der Waals surface area contributed by atoms with Gasteiger partial charge in [0.05, 0.1) is 36.0 Å². The number of benzene rings is 1. The van der Waals surface area contributed by atoms with Crippen LogP contribution in [0.4, 0.5) is 15.1 Å². The molecule has 0 aliphatic carbocycles. The molecule has 0 unspecified atom stereocenters. The lowest BCUT2D eigenvalue weighted by atomic mass is 10.00. The Bertz CT molecular complexity index is 1050. The van der Waals surface area contributed by atoms with E-state index in [4.69, 9.17) is 26.1 Å². The van der Waals surface area contributed by atoms with Gasteiger partial charge in [0, 0.05) is 45.1 Å². The standard InChI is InChI=1S/C24H30ClFN6O3/c25-18-11-15(1-2-19(18)26)22(21-13-27-6-10-35-21)31-24(33)32-7-3-16-12-28-23(30-20(16)14-32)29-17-4-8-34-9-5-17/h1-2,11-12,17,21-22,27H,3-10,13-14H2,(H,31,33)(H,28,29,30)/t21-,22+/m0/s1. The number of hydrogen-bond donors (Lipinski definition) is 3. The van der Waals surface area contributed by atoms with Crippen molar-refractivity contribution in [1.82, 2.24) is 25.5 Å². The van der Waals surface area contributed by atoms with Gasteiger partial charge in [0.2, 0.25) is 5.95 Å². The number of nitrogens with one attached hydrogen (secondary N) is 3. The van der Waals surface area contributed by atoms with Crippen LogP contribution in [-0.4, -0.2) is 72.5 Å². The fourth-order valence-corrected chi connectivity index (χ4v) is 4.88. The Kier molecular flexibility index (Phi) is 7.62. The van der Waals surface area contributed by atoms with Crippen LogP contribution in [0.3, 0.4) is 0 Å². The van der Waals surface area contributed by atoms with Gasteiger partial charge in [0.25, 0.3) is 0 Å². The Balaban J connectivity index is 1.29. The van der Waals surface area contributed by atoms with E-state index < -0.39 is 11.9 Å². The zero-order valence-corrected chi connectivity index (χ0v) is 20.2. The number of nitrogens with zero attached hydrogens (tertiary/aromatic N) is 3. The molecule has 35 heavy (non-hydrogen) atoms. The average Bonchev–Trinajstić information content (AvgIpc) is 2.89. The highest BCUT2D eigenvalue weighted by atomic mass is 35.5. The highest BCUT2D eigenvalue weighted by molar-refractivity contribution is 6.30. The summed E-state index contributed by atoms with van der Waals surface area (Å²) in [6.45, 7) is 4.24. The maximum atomic E-state index is 13.8. The van der Waals surface area contributed by atoms with E-state index in [2.05, 4.69) is 20.9 Å². The number of urea groups is 1. The second kappa shape index (κ2) is 11.0. The third-order valence-electron chi connectivity index (χ3n) is 6.70. The van der Waals surface area contributed by atoms with Gasteiger partial charge in [0.15, 0.2) is 0 Å². The van der Waals surface area contributed by atoms with Crippen molar-refractivity contribution in [3.05, 3.63) is 52.1 Å². The van der Waals surface area contributed by atoms with Crippen LogP contribution in [0.15, 0.2) is 24.4 Å². The summed E-state index contributed by atoms with van der Waals surface area (Å²) in [6, 6.07) is 4.08. The summed E-state index contributed by atoms with van der Waals surface area (Å²) in [5.41, 5.74) is 2.59. The number of carbonyl (C=O) groups is 1. The van der Waals surface area contributed by atoms with Crippen LogP contribution in [0.1, 0.15) is 35.7 Å². The number of rotatable bonds is 5. The number of morpholine rings is 1. The van der Waals surface area contributed by atoms with Crippen LogP contribution < -0.4 is 16.0 Å². The molecule has 2 aromatic rings. The largest absolute Gasteiger partial charge is 0.381 e. The highest BCUT2D eigenvalue weighted by Crippen LogP contribution is 2.26. The molecule has 188 valence electrons. The first kappa shape index (κ1) is 24.2. The van der Waals surface area contributed by atoms with Gasteiger partial charge in [-0.1, -0.05) is 17.7 Å². The van der Waals surface area contributed by atoms with E-state index in [1.807, 2.05) is 6.20 Å². The van der Waals surface area contributed by atoms with Crippen LogP contribution >= 0.6 is 11.6 Å². The summed E-state index contributed by atoms with van der Waals surface area (Å²) in [5.74, 6) is 0.0825. The van der Waals surface area contributed by atoms with Gasteiger partial charge in [-0.2, -0.15) is 0 Å². The summed E-state index contributed by atoms with van der Waals surface area (Å²) in [5, 5.41) is 9.79. The fraction of sp³-hybridized carbons (Fsp3) is 0.542.